The molecule has 4 N–H and O–H groups in total. The molecule has 2 aromatic rings. The Morgan fingerprint density at radius 1 is 1.06 bits per heavy atom. The fourth-order valence-electron chi connectivity index (χ4n) is 4.96. The molecule has 182 valence electrons. The van der Waals surface area contributed by atoms with Crippen molar-refractivity contribution in [3.8, 4) is 0 Å². The number of carbonyl (C=O) groups is 2. The average Bonchev–Trinajstić information content (AvgIpc) is 3.53. The van der Waals surface area contributed by atoms with Gasteiger partial charge in [-0.05, 0) is 31.5 Å². The summed E-state index contributed by atoms with van der Waals surface area (Å²) in [5.41, 5.74) is 1.88. The SMILES string of the molecule is CN(Cc1ccccc1NC(=O)c1nc[nH]c1C(=O)NC1=NC2C=CC=CC2N1)C1CCCCC1. The Kier molecular flexibility index (Phi) is 6.76. The van der Waals surface area contributed by atoms with Gasteiger partial charge in [0.1, 0.15) is 5.69 Å². The molecule has 0 bridgehead atoms. The Hall–Kier alpha value is -3.72. The van der Waals surface area contributed by atoms with Gasteiger partial charge in [0.2, 0.25) is 0 Å². The Labute approximate surface area is 204 Å². The third-order valence-corrected chi connectivity index (χ3v) is 6.88. The lowest BCUT2D eigenvalue weighted by Crippen LogP contribution is -2.42. The number of carbonyl (C=O) groups excluding carboxylic acids is 2. The molecule has 0 radical (unpaired) electrons. The number of hydrogen-bond acceptors (Lipinski definition) is 6. The van der Waals surface area contributed by atoms with Gasteiger partial charge in [0.15, 0.2) is 11.7 Å². The quantitative estimate of drug-likeness (QED) is 0.515. The number of guanidine groups is 1. The van der Waals surface area contributed by atoms with Gasteiger partial charge in [0.05, 0.1) is 18.4 Å². The van der Waals surface area contributed by atoms with Crippen LogP contribution in [0.4, 0.5) is 5.69 Å². The summed E-state index contributed by atoms with van der Waals surface area (Å²) in [6, 6.07) is 8.31. The van der Waals surface area contributed by atoms with Crippen molar-refractivity contribution in [3.05, 3.63) is 71.8 Å². The number of H-pyrrole nitrogens is 1. The fraction of sp³-hybridized carbons (Fsp3) is 0.385. The lowest BCUT2D eigenvalue weighted by atomic mass is 9.94. The van der Waals surface area contributed by atoms with Crippen LogP contribution < -0.4 is 16.0 Å². The van der Waals surface area contributed by atoms with Crippen LogP contribution in [0.5, 0.6) is 0 Å². The zero-order valence-electron chi connectivity index (χ0n) is 19.8. The topological polar surface area (TPSA) is 115 Å². The molecule has 1 aromatic carbocycles. The van der Waals surface area contributed by atoms with Crippen molar-refractivity contribution < 1.29 is 9.59 Å². The number of aromatic amines is 1. The Morgan fingerprint density at radius 2 is 1.86 bits per heavy atom. The summed E-state index contributed by atoms with van der Waals surface area (Å²) in [5.74, 6) is -0.542. The minimum atomic E-state index is -0.476. The highest BCUT2D eigenvalue weighted by atomic mass is 16.2. The maximum atomic E-state index is 13.1. The number of nitrogens with one attached hydrogen (secondary N) is 4. The number of para-hydroxylation sites is 1. The molecule has 2 amide bonds. The molecule has 0 spiro atoms. The second kappa shape index (κ2) is 10.3. The molecule has 9 heteroatoms. The van der Waals surface area contributed by atoms with E-state index in [9.17, 15) is 9.59 Å². The first kappa shape index (κ1) is 23.0. The normalized spacial score (nSPS) is 21.4. The first-order valence-corrected chi connectivity index (χ1v) is 12.2. The number of benzene rings is 1. The van der Waals surface area contributed by atoms with Crippen molar-refractivity contribution >= 4 is 23.5 Å². The summed E-state index contributed by atoms with van der Waals surface area (Å²) < 4.78 is 0. The third-order valence-electron chi connectivity index (χ3n) is 6.88. The van der Waals surface area contributed by atoms with Crippen LogP contribution >= 0.6 is 0 Å². The molecule has 2 aliphatic carbocycles. The highest BCUT2D eigenvalue weighted by molar-refractivity contribution is 6.13. The van der Waals surface area contributed by atoms with E-state index in [1.54, 1.807) is 0 Å². The van der Waals surface area contributed by atoms with Gasteiger partial charge in [-0.1, -0.05) is 61.8 Å². The lowest BCUT2D eigenvalue weighted by molar-refractivity contribution is 0.0954. The number of hydrogen-bond donors (Lipinski definition) is 4. The minimum Gasteiger partial charge on any atom is -0.347 e. The van der Waals surface area contributed by atoms with Crippen molar-refractivity contribution in [2.24, 2.45) is 4.99 Å². The summed E-state index contributed by atoms with van der Waals surface area (Å²) in [6.45, 7) is 0.742. The van der Waals surface area contributed by atoms with Crippen LogP contribution in [0.2, 0.25) is 0 Å². The molecule has 0 saturated heterocycles. The van der Waals surface area contributed by atoms with E-state index in [2.05, 4.69) is 42.9 Å². The van der Waals surface area contributed by atoms with Crippen LogP contribution in [0.15, 0.2) is 59.9 Å². The van der Waals surface area contributed by atoms with E-state index in [-0.39, 0.29) is 23.5 Å². The number of imidazole rings is 1. The zero-order chi connectivity index (χ0) is 24.2. The monoisotopic (exact) mass is 473 g/mol. The van der Waals surface area contributed by atoms with Gasteiger partial charge >= 0.3 is 0 Å². The molecule has 1 fully saturated rings. The van der Waals surface area contributed by atoms with Crippen LogP contribution in [0.3, 0.4) is 0 Å². The zero-order valence-corrected chi connectivity index (χ0v) is 19.8. The van der Waals surface area contributed by atoms with Crippen molar-refractivity contribution in [1.82, 2.24) is 25.5 Å². The Bertz CT molecular complexity index is 1180. The molecule has 9 nitrogen and oxygen atoms in total. The Morgan fingerprint density at radius 3 is 2.69 bits per heavy atom. The van der Waals surface area contributed by atoms with E-state index >= 15 is 0 Å². The largest absolute Gasteiger partial charge is 0.347 e. The van der Waals surface area contributed by atoms with Gasteiger partial charge in [-0.2, -0.15) is 0 Å². The predicted molar refractivity (Wildman–Crippen MR) is 135 cm³/mol. The smallest absolute Gasteiger partial charge is 0.276 e. The standard InChI is InChI=1S/C26H31N7O2/c1-33(18-10-3-2-4-11-18)15-17-9-5-6-12-19(17)29-24(34)22-23(28-16-27-22)25(35)32-26-30-20-13-7-8-14-21(20)31-26/h5-9,12-14,16,18,20-21H,2-4,10-11,15H2,1H3,(H,27,28)(H,29,34)(H2,30,31,32,35). The molecule has 5 rings (SSSR count). The van der Waals surface area contributed by atoms with E-state index in [0.29, 0.717) is 12.0 Å². The van der Waals surface area contributed by atoms with Crippen molar-refractivity contribution in [3.63, 3.8) is 0 Å². The van der Waals surface area contributed by atoms with Crippen LogP contribution in [-0.2, 0) is 6.54 Å². The van der Waals surface area contributed by atoms with E-state index in [0.717, 1.165) is 17.8 Å². The van der Waals surface area contributed by atoms with Crippen molar-refractivity contribution in [2.45, 2.75) is 56.8 Å². The van der Waals surface area contributed by atoms with E-state index in [4.69, 9.17) is 0 Å². The molecular weight excluding hydrogens is 442 g/mol. The number of aliphatic imine (C=N–C) groups is 1. The summed E-state index contributed by atoms with van der Waals surface area (Å²) in [7, 11) is 2.15. The molecule has 2 atom stereocenters. The van der Waals surface area contributed by atoms with E-state index in [1.165, 1.54) is 38.4 Å². The number of fused-ring (bicyclic) bond motifs is 1. The highest BCUT2D eigenvalue weighted by Gasteiger charge is 2.29. The molecule has 3 aliphatic rings. The molecule has 1 aliphatic heterocycles. The summed E-state index contributed by atoms with van der Waals surface area (Å²) in [6.07, 6.45) is 15.5. The lowest BCUT2D eigenvalue weighted by Gasteiger charge is -2.31. The number of rotatable bonds is 6. The molecule has 2 heterocycles. The highest BCUT2D eigenvalue weighted by Crippen LogP contribution is 2.25. The third kappa shape index (κ3) is 5.19. The van der Waals surface area contributed by atoms with E-state index < -0.39 is 11.8 Å². The fourth-order valence-corrected chi connectivity index (χ4v) is 4.96. The first-order chi connectivity index (χ1) is 17.1. The number of amides is 2. The van der Waals surface area contributed by atoms with Gasteiger partial charge in [-0.3, -0.25) is 19.8 Å². The maximum absolute atomic E-state index is 13.1. The number of allylic oxidation sites excluding steroid dienone is 2. The summed E-state index contributed by atoms with van der Waals surface area (Å²) >= 11 is 0. The van der Waals surface area contributed by atoms with Crippen LogP contribution in [0, 0.1) is 0 Å². The van der Waals surface area contributed by atoms with Gasteiger partial charge in [-0.15, -0.1) is 0 Å². The van der Waals surface area contributed by atoms with Crippen LogP contribution in [-0.4, -0.2) is 57.8 Å². The van der Waals surface area contributed by atoms with Gasteiger partial charge in [0.25, 0.3) is 11.8 Å². The molecule has 35 heavy (non-hydrogen) atoms. The Balaban J connectivity index is 1.25. The first-order valence-electron chi connectivity index (χ1n) is 12.2. The maximum Gasteiger partial charge on any atom is 0.276 e. The van der Waals surface area contributed by atoms with Crippen LogP contribution in [0.1, 0.15) is 58.6 Å². The summed E-state index contributed by atoms with van der Waals surface area (Å²) in [4.78, 5) is 39.8. The molecular formula is C26H31N7O2. The van der Waals surface area contributed by atoms with Gasteiger partial charge in [-0.25, -0.2) is 9.98 Å². The second-order valence-electron chi connectivity index (χ2n) is 9.31. The van der Waals surface area contributed by atoms with Gasteiger partial charge in [0, 0.05) is 18.3 Å². The minimum absolute atomic E-state index is 0.0167. The number of nitrogens with zero attached hydrogens (tertiary/aromatic N) is 3. The summed E-state index contributed by atoms with van der Waals surface area (Å²) in [5, 5.41) is 8.87. The molecule has 1 aromatic heterocycles. The molecule has 2 unspecified atom stereocenters. The van der Waals surface area contributed by atoms with Gasteiger partial charge < -0.3 is 15.6 Å². The van der Waals surface area contributed by atoms with Crippen molar-refractivity contribution in [2.75, 3.05) is 12.4 Å². The molecule has 1 saturated carbocycles. The van der Waals surface area contributed by atoms with E-state index in [1.807, 2.05) is 48.6 Å². The van der Waals surface area contributed by atoms with Crippen molar-refractivity contribution in [1.29, 1.82) is 0 Å². The second-order valence-corrected chi connectivity index (χ2v) is 9.31. The average molecular weight is 474 g/mol. The number of anilines is 1. The number of aromatic nitrogens is 2. The van der Waals surface area contributed by atoms with Crippen LogP contribution in [0.25, 0.3) is 0 Å². The predicted octanol–water partition coefficient (Wildman–Crippen LogP) is 2.98.